The van der Waals surface area contributed by atoms with E-state index < -0.39 is 0 Å². The zero-order chi connectivity index (χ0) is 13.4. The van der Waals surface area contributed by atoms with Gasteiger partial charge in [0.05, 0.1) is 16.7 Å². The first kappa shape index (κ1) is 11.7. The zero-order valence-corrected chi connectivity index (χ0v) is 11.1. The fourth-order valence-corrected chi connectivity index (χ4v) is 2.33. The van der Waals surface area contributed by atoms with E-state index in [0.717, 1.165) is 5.69 Å². The quantitative estimate of drug-likeness (QED) is 0.706. The second-order valence-corrected chi connectivity index (χ2v) is 4.77. The van der Waals surface area contributed by atoms with Crippen molar-refractivity contribution < 1.29 is 5.11 Å². The minimum Gasteiger partial charge on any atom is -0.506 e. The molecule has 1 heterocycles. The standard InChI is InChI=1S/C15H17N3O/c1-11-7-8-13-14(9-11)17(2)18(13)10-16-12-5-3-4-6-15(12)19/h3-9,16,19H,10H2,1-2H3. The fourth-order valence-electron chi connectivity index (χ4n) is 2.33. The highest BCUT2D eigenvalue weighted by Gasteiger charge is 2.10. The molecular weight excluding hydrogens is 238 g/mol. The van der Waals surface area contributed by atoms with E-state index in [2.05, 4.69) is 39.8 Å². The third kappa shape index (κ3) is 1.95. The van der Waals surface area contributed by atoms with Gasteiger partial charge in [-0.05, 0) is 36.8 Å². The van der Waals surface area contributed by atoms with Gasteiger partial charge in [0.1, 0.15) is 12.4 Å². The van der Waals surface area contributed by atoms with Crippen molar-refractivity contribution in [1.29, 1.82) is 0 Å². The smallest absolute Gasteiger partial charge is 0.138 e. The van der Waals surface area contributed by atoms with Crippen molar-refractivity contribution >= 4 is 16.7 Å². The Morgan fingerprint density at radius 3 is 2.68 bits per heavy atom. The molecule has 3 aromatic rings. The molecule has 4 heteroatoms. The van der Waals surface area contributed by atoms with Crippen LogP contribution in [-0.2, 0) is 13.7 Å². The highest BCUT2D eigenvalue weighted by molar-refractivity contribution is 5.79. The zero-order valence-electron chi connectivity index (χ0n) is 11.1. The van der Waals surface area contributed by atoms with Crippen LogP contribution in [0.3, 0.4) is 0 Å². The number of rotatable bonds is 3. The number of hydrogen-bond donors (Lipinski definition) is 2. The van der Waals surface area contributed by atoms with E-state index in [1.54, 1.807) is 6.07 Å². The SMILES string of the molecule is Cc1ccc2c(c1)n(C)n2CNc1ccccc1O. The molecule has 0 radical (unpaired) electrons. The minimum absolute atomic E-state index is 0.273. The maximum atomic E-state index is 9.72. The lowest BCUT2D eigenvalue weighted by molar-refractivity contribution is 0.474. The van der Waals surface area contributed by atoms with Gasteiger partial charge in [-0.25, -0.2) is 0 Å². The van der Waals surface area contributed by atoms with Crippen molar-refractivity contribution in [1.82, 2.24) is 9.36 Å². The van der Waals surface area contributed by atoms with Crippen LogP contribution < -0.4 is 5.32 Å². The predicted molar refractivity (Wildman–Crippen MR) is 77.4 cm³/mol. The normalized spacial score (nSPS) is 11.1. The number of fused-ring (bicyclic) bond motifs is 1. The fraction of sp³-hybridized carbons (Fsp3) is 0.200. The number of aromatic nitrogens is 2. The highest BCUT2D eigenvalue weighted by Crippen LogP contribution is 2.23. The van der Waals surface area contributed by atoms with Crippen LogP contribution in [0, 0.1) is 6.92 Å². The number of phenols is 1. The van der Waals surface area contributed by atoms with Crippen LogP contribution in [0.2, 0.25) is 0 Å². The molecular formula is C15H17N3O. The van der Waals surface area contributed by atoms with Crippen molar-refractivity contribution in [3.63, 3.8) is 0 Å². The van der Waals surface area contributed by atoms with Gasteiger partial charge >= 0.3 is 0 Å². The lowest BCUT2D eigenvalue weighted by atomic mass is 10.2. The van der Waals surface area contributed by atoms with Crippen LogP contribution in [0.15, 0.2) is 42.5 Å². The Morgan fingerprint density at radius 2 is 1.89 bits per heavy atom. The van der Waals surface area contributed by atoms with Gasteiger partial charge in [-0.15, -0.1) is 0 Å². The van der Waals surface area contributed by atoms with Gasteiger partial charge in [-0.2, -0.15) is 0 Å². The summed E-state index contributed by atoms with van der Waals surface area (Å²) in [7, 11) is 2.04. The van der Waals surface area contributed by atoms with Gasteiger partial charge in [-0.1, -0.05) is 18.2 Å². The number of para-hydroxylation sites is 2. The molecule has 0 saturated heterocycles. The average molecular weight is 255 g/mol. The Morgan fingerprint density at radius 1 is 1.11 bits per heavy atom. The molecule has 0 aliphatic carbocycles. The van der Waals surface area contributed by atoms with Gasteiger partial charge in [0.15, 0.2) is 0 Å². The van der Waals surface area contributed by atoms with Crippen LogP contribution >= 0.6 is 0 Å². The molecule has 2 aromatic carbocycles. The summed E-state index contributed by atoms with van der Waals surface area (Å²) in [6, 6.07) is 13.7. The Kier molecular flexibility index (Phi) is 2.71. The molecule has 0 amide bonds. The predicted octanol–water partition coefficient (Wildman–Crippen LogP) is 3.06. The van der Waals surface area contributed by atoms with Crippen LogP contribution in [-0.4, -0.2) is 14.5 Å². The van der Waals surface area contributed by atoms with Crippen molar-refractivity contribution in [2.24, 2.45) is 7.05 Å². The second-order valence-electron chi connectivity index (χ2n) is 4.77. The number of hydrogen-bond acceptors (Lipinski definition) is 2. The number of benzene rings is 2. The van der Waals surface area contributed by atoms with E-state index in [1.807, 2.05) is 25.2 Å². The van der Waals surface area contributed by atoms with Crippen molar-refractivity contribution in [2.45, 2.75) is 13.6 Å². The lowest BCUT2D eigenvalue weighted by Gasteiger charge is -2.25. The number of aromatic hydroxyl groups is 1. The summed E-state index contributed by atoms with van der Waals surface area (Å²) in [5, 5.41) is 13.0. The first-order valence-corrected chi connectivity index (χ1v) is 6.30. The summed E-state index contributed by atoms with van der Waals surface area (Å²) in [4.78, 5) is 0. The highest BCUT2D eigenvalue weighted by atomic mass is 16.3. The number of aryl methyl sites for hydroxylation is 2. The Bertz CT molecular complexity index is 724. The molecule has 0 saturated carbocycles. The van der Waals surface area contributed by atoms with Gasteiger partial charge in [0.2, 0.25) is 0 Å². The van der Waals surface area contributed by atoms with Crippen LogP contribution in [0.25, 0.3) is 11.0 Å². The largest absolute Gasteiger partial charge is 0.506 e. The molecule has 0 aliphatic rings. The molecule has 3 rings (SSSR count). The first-order chi connectivity index (χ1) is 9.16. The van der Waals surface area contributed by atoms with E-state index in [0.29, 0.717) is 6.67 Å². The molecule has 0 atom stereocenters. The Hall–Kier alpha value is -2.36. The molecule has 4 nitrogen and oxygen atoms in total. The van der Waals surface area contributed by atoms with Crippen LogP contribution in [0.5, 0.6) is 5.75 Å². The summed E-state index contributed by atoms with van der Waals surface area (Å²) >= 11 is 0. The number of phenolic OH excluding ortho intramolecular Hbond substituents is 1. The molecule has 0 unspecified atom stereocenters. The Balaban J connectivity index is 1.83. The van der Waals surface area contributed by atoms with Gasteiger partial charge < -0.3 is 10.4 Å². The van der Waals surface area contributed by atoms with E-state index in [4.69, 9.17) is 0 Å². The van der Waals surface area contributed by atoms with Gasteiger partial charge in [0.25, 0.3) is 0 Å². The van der Waals surface area contributed by atoms with E-state index in [1.165, 1.54) is 16.6 Å². The molecule has 19 heavy (non-hydrogen) atoms. The number of nitrogens with zero attached hydrogens (tertiary/aromatic N) is 2. The van der Waals surface area contributed by atoms with E-state index in [9.17, 15) is 5.11 Å². The summed E-state index contributed by atoms with van der Waals surface area (Å²) in [6.45, 7) is 2.72. The summed E-state index contributed by atoms with van der Waals surface area (Å²) in [5.74, 6) is 0.273. The maximum absolute atomic E-state index is 9.72. The van der Waals surface area contributed by atoms with Crippen molar-refractivity contribution in [3.8, 4) is 5.75 Å². The minimum atomic E-state index is 0.273. The van der Waals surface area contributed by atoms with Crippen LogP contribution in [0.4, 0.5) is 5.69 Å². The second kappa shape index (κ2) is 4.39. The Labute approximate surface area is 111 Å². The first-order valence-electron chi connectivity index (χ1n) is 6.30. The van der Waals surface area contributed by atoms with Gasteiger partial charge in [-0.3, -0.25) is 9.36 Å². The topological polar surface area (TPSA) is 42.1 Å². The molecule has 0 fully saturated rings. The monoisotopic (exact) mass is 255 g/mol. The summed E-state index contributed by atoms with van der Waals surface area (Å²) < 4.78 is 4.23. The maximum Gasteiger partial charge on any atom is 0.138 e. The molecule has 2 N–H and O–H groups in total. The molecule has 98 valence electrons. The van der Waals surface area contributed by atoms with Crippen molar-refractivity contribution in [3.05, 3.63) is 48.0 Å². The number of nitrogens with one attached hydrogen (secondary N) is 1. The summed E-state index contributed by atoms with van der Waals surface area (Å²) in [5.41, 5.74) is 4.45. The summed E-state index contributed by atoms with van der Waals surface area (Å²) in [6.07, 6.45) is 0. The molecule has 0 spiro atoms. The third-order valence-corrected chi connectivity index (χ3v) is 3.44. The lowest BCUT2D eigenvalue weighted by Crippen LogP contribution is -2.24. The molecule has 1 aromatic heterocycles. The van der Waals surface area contributed by atoms with Gasteiger partial charge in [0, 0.05) is 7.05 Å². The average Bonchev–Trinajstić information content (AvgIpc) is 2.41. The van der Waals surface area contributed by atoms with E-state index in [-0.39, 0.29) is 5.75 Å². The van der Waals surface area contributed by atoms with Crippen molar-refractivity contribution in [2.75, 3.05) is 5.32 Å². The van der Waals surface area contributed by atoms with E-state index >= 15 is 0 Å². The molecule has 0 aliphatic heterocycles. The van der Waals surface area contributed by atoms with Crippen LogP contribution in [0.1, 0.15) is 5.56 Å². The number of anilines is 1. The third-order valence-electron chi connectivity index (χ3n) is 3.44. The molecule has 0 bridgehead atoms.